The van der Waals surface area contributed by atoms with Crippen molar-refractivity contribution in [3.63, 3.8) is 0 Å². The van der Waals surface area contributed by atoms with E-state index in [9.17, 15) is 10.1 Å². The number of benzene rings is 2. The lowest BCUT2D eigenvalue weighted by Gasteiger charge is -2.19. The minimum Gasteiger partial charge on any atom is -0.497 e. The summed E-state index contributed by atoms with van der Waals surface area (Å²) in [7, 11) is 1.56. The number of aromatic nitrogens is 2. The van der Waals surface area contributed by atoms with Crippen LogP contribution in [0.2, 0.25) is 0 Å². The maximum absolute atomic E-state index is 11.9. The molecule has 0 saturated carbocycles. The molecule has 0 unspecified atom stereocenters. The molecule has 0 amide bonds. The predicted molar refractivity (Wildman–Crippen MR) is 102 cm³/mol. The lowest BCUT2D eigenvalue weighted by Crippen LogP contribution is -2.17. The number of methoxy groups -OCH3 is 1. The fraction of sp³-hybridized carbons (Fsp3) is 0.158. The van der Waals surface area contributed by atoms with Crippen LogP contribution >= 0.6 is 0 Å². The van der Waals surface area contributed by atoms with Crippen LogP contribution in [0, 0.1) is 10.1 Å². The Labute approximate surface area is 155 Å². The number of anilines is 4. The van der Waals surface area contributed by atoms with E-state index in [4.69, 9.17) is 4.74 Å². The van der Waals surface area contributed by atoms with Crippen molar-refractivity contribution in [3.05, 3.63) is 70.5 Å². The summed E-state index contributed by atoms with van der Waals surface area (Å²) in [5.74, 6) is 1.07. The lowest BCUT2D eigenvalue weighted by atomic mass is 10.2. The Kier molecular flexibility index (Phi) is 4.29. The standard InChI is InChI=1S/C19H17N5O3/c1-27-15-7-4-6-14(11-15)22-18-17(24(25)26)19(21-12-20-18)23-10-9-13-5-2-3-8-16(13)23/h2-8,11-12H,9-10H2,1H3,(H,20,21,22). The molecule has 2 heterocycles. The van der Waals surface area contributed by atoms with E-state index in [1.807, 2.05) is 29.2 Å². The molecular formula is C19H17N5O3. The van der Waals surface area contributed by atoms with Crippen molar-refractivity contribution in [2.45, 2.75) is 6.42 Å². The molecule has 8 heteroatoms. The van der Waals surface area contributed by atoms with Crippen molar-refractivity contribution in [2.24, 2.45) is 0 Å². The molecule has 136 valence electrons. The minimum atomic E-state index is -0.446. The molecule has 0 spiro atoms. The predicted octanol–water partition coefficient (Wildman–Crippen LogP) is 3.83. The number of nitrogens with one attached hydrogen (secondary N) is 1. The van der Waals surface area contributed by atoms with Crippen LogP contribution in [0.15, 0.2) is 54.9 Å². The Hall–Kier alpha value is -3.68. The first-order valence-electron chi connectivity index (χ1n) is 8.43. The third-order valence-corrected chi connectivity index (χ3v) is 4.46. The lowest BCUT2D eigenvalue weighted by molar-refractivity contribution is -0.383. The van der Waals surface area contributed by atoms with Gasteiger partial charge in [0, 0.05) is 24.0 Å². The SMILES string of the molecule is COc1cccc(Nc2ncnc(N3CCc4ccccc43)c2[N+](=O)[O-])c1. The molecule has 1 aromatic heterocycles. The average molecular weight is 363 g/mol. The molecule has 0 fully saturated rings. The first kappa shape index (κ1) is 16.8. The highest BCUT2D eigenvalue weighted by Crippen LogP contribution is 2.40. The number of hydrogen-bond acceptors (Lipinski definition) is 7. The van der Waals surface area contributed by atoms with Gasteiger partial charge < -0.3 is 15.0 Å². The van der Waals surface area contributed by atoms with Gasteiger partial charge in [0.1, 0.15) is 12.1 Å². The van der Waals surface area contributed by atoms with Gasteiger partial charge in [0.05, 0.1) is 12.0 Å². The van der Waals surface area contributed by atoms with Gasteiger partial charge in [-0.1, -0.05) is 24.3 Å². The molecule has 0 saturated heterocycles. The van der Waals surface area contributed by atoms with E-state index in [1.165, 1.54) is 6.33 Å². The summed E-state index contributed by atoms with van der Waals surface area (Å²) in [6.45, 7) is 0.635. The van der Waals surface area contributed by atoms with Crippen molar-refractivity contribution < 1.29 is 9.66 Å². The quantitative estimate of drug-likeness (QED) is 0.544. The highest BCUT2D eigenvalue weighted by atomic mass is 16.6. The number of hydrogen-bond donors (Lipinski definition) is 1. The Morgan fingerprint density at radius 3 is 2.85 bits per heavy atom. The zero-order valence-corrected chi connectivity index (χ0v) is 14.6. The van der Waals surface area contributed by atoms with E-state index in [0.29, 0.717) is 18.0 Å². The fourth-order valence-corrected chi connectivity index (χ4v) is 3.22. The van der Waals surface area contributed by atoms with Crippen LogP contribution in [-0.2, 0) is 6.42 Å². The maximum atomic E-state index is 11.9. The Balaban J connectivity index is 1.76. The molecule has 3 aromatic rings. The second-order valence-electron chi connectivity index (χ2n) is 6.04. The van der Waals surface area contributed by atoms with Crippen LogP contribution in [0.25, 0.3) is 0 Å². The zero-order valence-electron chi connectivity index (χ0n) is 14.6. The number of nitrogens with zero attached hydrogens (tertiary/aromatic N) is 4. The highest BCUT2D eigenvalue weighted by Gasteiger charge is 2.31. The monoisotopic (exact) mass is 363 g/mol. The molecule has 1 aliphatic rings. The van der Waals surface area contributed by atoms with Crippen LogP contribution in [0.1, 0.15) is 5.56 Å². The molecule has 27 heavy (non-hydrogen) atoms. The molecule has 1 aliphatic heterocycles. The summed E-state index contributed by atoms with van der Waals surface area (Å²) < 4.78 is 5.20. The van der Waals surface area contributed by atoms with E-state index >= 15 is 0 Å². The van der Waals surface area contributed by atoms with Gasteiger partial charge in [-0.15, -0.1) is 0 Å². The molecule has 0 atom stereocenters. The highest BCUT2D eigenvalue weighted by molar-refractivity contribution is 5.80. The molecule has 8 nitrogen and oxygen atoms in total. The summed E-state index contributed by atoms with van der Waals surface area (Å²) in [4.78, 5) is 21.6. The van der Waals surface area contributed by atoms with Crippen LogP contribution in [0.5, 0.6) is 5.75 Å². The topological polar surface area (TPSA) is 93.4 Å². The van der Waals surface area contributed by atoms with Gasteiger partial charge in [-0.05, 0) is 30.2 Å². The second-order valence-corrected chi connectivity index (χ2v) is 6.04. The Morgan fingerprint density at radius 2 is 2.04 bits per heavy atom. The maximum Gasteiger partial charge on any atom is 0.354 e. The Bertz CT molecular complexity index is 1010. The molecule has 2 aromatic carbocycles. The number of rotatable bonds is 5. The normalized spacial score (nSPS) is 12.6. The molecule has 0 radical (unpaired) electrons. The van der Waals surface area contributed by atoms with E-state index < -0.39 is 4.92 Å². The van der Waals surface area contributed by atoms with Crippen molar-refractivity contribution >= 4 is 28.7 Å². The van der Waals surface area contributed by atoms with Gasteiger partial charge in [0.2, 0.25) is 11.6 Å². The van der Waals surface area contributed by atoms with Crippen molar-refractivity contribution in [1.82, 2.24) is 9.97 Å². The smallest absolute Gasteiger partial charge is 0.354 e. The van der Waals surface area contributed by atoms with Gasteiger partial charge >= 0.3 is 5.69 Å². The summed E-state index contributed by atoms with van der Waals surface area (Å²) in [6.07, 6.45) is 2.15. The van der Waals surface area contributed by atoms with E-state index in [1.54, 1.807) is 31.4 Å². The molecule has 4 rings (SSSR count). The van der Waals surface area contributed by atoms with Crippen molar-refractivity contribution in [1.29, 1.82) is 0 Å². The van der Waals surface area contributed by atoms with Gasteiger partial charge in [0.15, 0.2) is 0 Å². The first-order valence-corrected chi connectivity index (χ1v) is 8.43. The van der Waals surface area contributed by atoms with Gasteiger partial charge in [-0.3, -0.25) is 10.1 Å². The second kappa shape index (κ2) is 6.91. The van der Waals surface area contributed by atoms with E-state index in [0.717, 1.165) is 17.7 Å². The summed E-state index contributed by atoms with van der Waals surface area (Å²) in [5, 5.41) is 14.9. The average Bonchev–Trinajstić information content (AvgIpc) is 3.12. The summed E-state index contributed by atoms with van der Waals surface area (Å²) >= 11 is 0. The zero-order chi connectivity index (χ0) is 18.8. The third kappa shape index (κ3) is 3.12. The summed E-state index contributed by atoms with van der Waals surface area (Å²) in [5.41, 5.74) is 2.57. The number of fused-ring (bicyclic) bond motifs is 1. The number of nitro groups is 1. The first-order chi connectivity index (χ1) is 13.2. The molecule has 0 aliphatic carbocycles. The molecule has 1 N–H and O–H groups in total. The van der Waals surface area contributed by atoms with Crippen molar-refractivity contribution in [3.8, 4) is 5.75 Å². The summed E-state index contributed by atoms with van der Waals surface area (Å²) in [6, 6.07) is 15.0. The molecular weight excluding hydrogens is 346 g/mol. The Morgan fingerprint density at radius 1 is 1.19 bits per heavy atom. The number of para-hydroxylation sites is 1. The van der Waals surface area contributed by atoms with Gasteiger partial charge in [-0.2, -0.15) is 0 Å². The van der Waals surface area contributed by atoms with Gasteiger partial charge in [-0.25, -0.2) is 9.97 Å². The van der Waals surface area contributed by atoms with E-state index in [-0.39, 0.29) is 17.3 Å². The van der Waals surface area contributed by atoms with Crippen molar-refractivity contribution in [2.75, 3.05) is 23.9 Å². The van der Waals surface area contributed by atoms with E-state index in [2.05, 4.69) is 15.3 Å². The number of ether oxygens (including phenoxy) is 1. The largest absolute Gasteiger partial charge is 0.497 e. The van der Waals surface area contributed by atoms with Gasteiger partial charge in [0.25, 0.3) is 0 Å². The minimum absolute atomic E-state index is 0.141. The van der Waals surface area contributed by atoms with Crippen LogP contribution in [-0.4, -0.2) is 28.5 Å². The third-order valence-electron chi connectivity index (χ3n) is 4.46. The fourth-order valence-electron chi connectivity index (χ4n) is 3.22. The van der Waals surface area contributed by atoms with Crippen LogP contribution in [0.4, 0.5) is 28.7 Å². The van der Waals surface area contributed by atoms with Crippen LogP contribution < -0.4 is 15.0 Å². The van der Waals surface area contributed by atoms with Crippen LogP contribution in [0.3, 0.4) is 0 Å². The molecule has 0 bridgehead atoms.